The maximum Gasteiger partial charge on any atom is 0.508 e. The highest BCUT2D eigenvalue weighted by atomic mass is 16.7. The second kappa shape index (κ2) is 5.80. The van der Waals surface area contributed by atoms with Crippen molar-refractivity contribution in [2.24, 2.45) is 5.41 Å². The van der Waals surface area contributed by atoms with Crippen molar-refractivity contribution in [3.8, 4) is 0 Å². The monoisotopic (exact) mass is 189 g/mol. The SMILES string of the molecule is CNCCOC(=O)OCC(C)(C)C. The fraction of sp³-hybridized carbons (Fsp3) is 0.889. The second-order valence-electron chi connectivity index (χ2n) is 4.05. The van der Waals surface area contributed by atoms with E-state index >= 15 is 0 Å². The van der Waals surface area contributed by atoms with Gasteiger partial charge in [0.15, 0.2) is 0 Å². The fourth-order valence-corrected chi connectivity index (χ4v) is 0.554. The van der Waals surface area contributed by atoms with Crippen LogP contribution in [0.25, 0.3) is 0 Å². The highest BCUT2D eigenvalue weighted by Gasteiger charge is 2.13. The van der Waals surface area contributed by atoms with E-state index in [2.05, 4.69) is 5.32 Å². The van der Waals surface area contributed by atoms with Crippen LogP contribution < -0.4 is 5.32 Å². The van der Waals surface area contributed by atoms with Crippen LogP contribution in [0.15, 0.2) is 0 Å². The molecular weight excluding hydrogens is 170 g/mol. The van der Waals surface area contributed by atoms with Crippen LogP contribution in [0.3, 0.4) is 0 Å². The summed E-state index contributed by atoms with van der Waals surface area (Å²) in [7, 11) is 1.80. The lowest BCUT2D eigenvalue weighted by molar-refractivity contribution is 0.0341. The molecular formula is C9H19NO3. The van der Waals surface area contributed by atoms with Gasteiger partial charge >= 0.3 is 6.16 Å². The van der Waals surface area contributed by atoms with Gasteiger partial charge in [-0.3, -0.25) is 0 Å². The van der Waals surface area contributed by atoms with Crippen molar-refractivity contribution in [2.45, 2.75) is 20.8 Å². The van der Waals surface area contributed by atoms with Gasteiger partial charge in [-0.25, -0.2) is 4.79 Å². The summed E-state index contributed by atoms with van der Waals surface area (Å²) >= 11 is 0. The van der Waals surface area contributed by atoms with Crippen molar-refractivity contribution >= 4 is 6.16 Å². The molecule has 13 heavy (non-hydrogen) atoms. The van der Waals surface area contributed by atoms with Crippen LogP contribution in [0.2, 0.25) is 0 Å². The Labute approximate surface area is 79.6 Å². The Bertz CT molecular complexity index is 151. The molecule has 0 bridgehead atoms. The van der Waals surface area contributed by atoms with Crippen molar-refractivity contribution in [1.82, 2.24) is 5.32 Å². The summed E-state index contributed by atoms with van der Waals surface area (Å²) in [5, 5.41) is 2.86. The largest absolute Gasteiger partial charge is 0.508 e. The molecule has 0 aliphatic rings. The molecule has 0 rings (SSSR count). The summed E-state index contributed by atoms with van der Waals surface area (Å²) in [5.41, 5.74) is -0.0119. The summed E-state index contributed by atoms with van der Waals surface area (Å²) in [4.78, 5) is 10.9. The molecule has 0 spiro atoms. The molecule has 0 aliphatic heterocycles. The summed E-state index contributed by atoms with van der Waals surface area (Å²) < 4.78 is 9.62. The smallest absolute Gasteiger partial charge is 0.434 e. The first kappa shape index (κ1) is 12.2. The molecule has 0 atom stereocenters. The van der Waals surface area contributed by atoms with E-state index in [4.69, 9.17) is 9.47 Å². The predicted octanol–water partition coefficient (Wildman–Crippen LogP) is 1.41. The predicted molar refractivity (Wildman–Crippen MR) is 50.7 cm³/mol. The van der Waals surface area contributed by atoms with Gasteiger partial charge in [0.1, 0.15) is 6.61 Å². The molecule has 0 aromatic rings. The third-order valence-electron chi connectivity index (χ3n) is 1.20. The number of nitrogens with one attached hydrogen (secondary N) is 1. The van der Waals surface area contributed by atoms with Gasteiger partial charge in [0, 0.05) is 6.54 Å². The number of hydrogen-bond donors (Lipinski definition) is 1. The van der Waals surface area contributed by atoms with Gasteiger partial charge in [0.05, 0.1) is 6.61 Å². The number of likely N-dealkylation sites (N-methyl/N-ethyl adjacent to an activating group) is 1. The quantitative estimate of drug-likeness (QED) is 0.536. The highest BCUT2D eigenvalue weighted by molar-refractivity contribution is 5.59. The molecule has 0 radical (unpaired) electrons. The summed E-state index contributed by atoms with van der Waals surface area (Å²) in [6, 6.07) is 0. The van der Waals surface area contributed by atoms with Gasteiger partial charge in [0.2, 0.25) is 0 Å². The zero-order chi connectivity index (χ0) is 10.3. The third-order valence-corrected chi connectivity index (χ3v) is 1.20. The standard InChI is InChI=1S/C9H19NO3/c1-9(2,3)7-13-8(11)12-6-5-10-4/h10H,5-7H2,1-4H3. The van der Waals surface area contributed by atoms with E-state index in [1.807, 2.05) is 20.8 Å². The molecule has 0 unspecified atom stereocenters. The van der Waals surface area contributed by atoms with Crippen molar-refractivity contribution in [3.63, 3.8) is 0 Å². The fourth-order valence-electron chi connectivity index (χ4n) is 0.554. The number of ether oxygens (including phenoxy) is 2. The Morgan fingerprint density at radius 1 is 1.31 bits per heavy atom. The van der Waals surface area contributed by atoms with Gasteiger partial charge in [-0.05, 0) is 12.5 Å². The van der Waals surface area contributed by atoms with Gasteiger partial charge < -0.3 is 14.8 Å². The number of rotatable bonds is 4. The average Bonchev–Trinajstić information content (AvgIpc) is 2.00. The topological polar surface area (TPSA) is 47.6 Å². The summed E-state index contributed by atoms with van der Waals surface area (Å²) in [6.07, 6.45) is -0.592. The maximum absolute atomic E-state index is 10.9. The molecule has 0 heterocycles. The van der Waals surface area contributed by atoms with Crippen LogP contribution >= 0.6 is 0 Å². The molecule has 0 saturated heterocycles. The van der Waals surface area contributed by atoms with Crippen LogP contribution in [0.5, 0.6) is 0 Å². The van der Waals surface area contributed by atoms with Crippen LogP contribution in [-0.4, -0.2) is 33.0 Å². The number of carbonyl (C=O) groups excluding carboxylic acids is 1. The van der Waals surface area contributed by atoms with Crippen molar-refractivity contribution in [2.75, 3.05) is 26.8 Å². The molecule has 0 amide bonds. The Hall–Kier alpha value is -0.770. The Kier molecular flexibility index (Phi) is 5.46. The average molecular weight is 189 g/mol. The van der Waals surface area contributed by atoms with Crippen molar-refractivity contribution in [3.05, 3.63) is 0 Å². The Balaban J connectivity index is 3.41. The van der Waals surface area contributed by atoms with Crippen molar-refractivity contribution < 1.29 is 14.3 Å². The van der Waals surface area contributed by atoms with Gasteiger partial charge in [-0.15, -0.1) is 0 Å². The Morgan fingerprint density at radius 3 is 2.38 bits per heavy atom. The molecule has 0 aliphatic carbocycles. The first-order valence-electron chi connectivity index (χ1n) is 4.40. The highest BCUT2D eigenvalue weighted by Crippen LogP contribution is 2.12. The second-order valence-corrected chi connectivity index (χ2v) is 4.05. The van der Waals surface area contributed by atoms with Crippen LogP contribution in [0, 0.1) is 5.41 Å². The minimum Gasteiger partial charge on any atom is -0.434 e. The molecule has 4 heteroatoms. The lowest BCUT2D eigenvalue weighted by atomic mass is 9.99. The first-order chi connectivity index (χ1) is 5.95. The number of carbonyl (C=O) groups is 1. The first-order valence-corrected chi connectivity index (χ1v) is 4.40. The zero-order valence-electron chi connectivity index (χ0n) is 8.85. The lowest BCUT2D eigenvalue weighted by Crippen LogP contribution is -2.22. The van der Waals surface area contributed by atoms with Gasteiger partial charge in [0.25, 0.3) is 0 Å². The molecule has 0 saturated carbocycles. The van der Waals surface area contributed by atoms with E-state index < -0.39 is 6.16 Å². The van der Waals surface area contributed by atoms with Crippen LogP contribution in [0.1, 0.15) is 20.8 Å². The van der Waals surface area contributed by atoms with Gasteiger partial charge in [-0.2, -0.15) is 0 Å². The molecule has 1 N–H and O–H groups in total. The minimum absolute atomic E-state index is 0.0119. The summed E-state index contributed by atoms with van der Waals surface area (Å²) in [5.74, 6) is 0. The van der Waals surface area contributed by atoms with Crippen LogP contribution in [-0.2, 0) is 9.47 Å². The molecule has 0 aromatic heterocycles. The van der Waals surface area contributed by atoms with Crippen LogP contribution in [0.4, 0.5) is 4.79 Å². The maximum atomic E-state index is 10.9. The normalized spacial score (nSPS) is 11.1. The molecule has 78 valence electrons. The third kappa shape index (κ3) is 9.14. The zero-order valence-corrected chi connectivity index (χ0v) is 8.85. The van der Waals surface area contributed by atoms with E-state index in [0.29, 0.717) is 19.8 Å². The summed E-state index contributed by atoms with van der Waals surface area (Å²) in [6.45, 7) is 7.35. The van der Waals surface area contributed by atoms with E-state index in [-0.39, 0.29) is 5.41 Å². The van der Waals surface area contributed by atoms with Gasteiger partial charge in [-0.1, -0.05) is 20.8 Å². The lowest BCUT2D eigenvalue weighted by Gasteiger charge is -2.17. The van der Waals surface area contributed by atoms with E-state index in [1.165, 1.54) is 0 Å². The molecule has 0 aromatic carbocycles. The van der Waals surface area contributed by atoms with E-state index in [0.717, 1.165) is 0 Å². The number of hydrogen-bond acceptors (Lipinski definition) is 4. The molecule has 0 fully saturated rings. The van der Waals surface area contributed by atoms with Crippen molar-refractivity contribution in [1.29, 1.82) is 0 Å². The Morgan fingerprint density at radius 2 is 1.92 bits per heavy atom. The van der Waals surface area contributed by atoms with E-state index in [9.17, 15) is 4.79 Å². The van der Waals surface area contributed by atoms with E-state index in [1.54, 1.807) is 7.05 Å². The minimum atomic E-state index is -0.592. The molecule has 4 nitrogen and oxygen atoms in total.